The lowest BCUT2D eigenvalue weighted by Gasteiger charge is -2.17. The lowest BCUT2D eigenvalue weighted by Crippen LogP contribution is -2.29. The molecule has 4 rings (SSSR count). The summed E-state index contributed by atoms with van der Waals surface area (Å²) in [5.74, 6) is 0.713. The third-order valence-electron chi connectivity index (χ3n) is 4.53. The Balaban J connectivity index is 1.56. The first kappa shape index (κ1) is 17.0. The quantitative estimate of drug-likeness (QED) is 0.546. The zero-order chi connectivity index (χ0) is 18.5. The van der Waals surface area contributed by atoms with Crippen LogP contribution < -0.4 is 5.32 Å². The Hall–Kier alpha value is -3.40. The van der Waals surface area contributed by atoms with Gasteiger partial charge >= 0.3 is 0 Å². The molecule has 1 amide bonds. The zero-order valence-electron chi connectivity index (χ0n) is 14.8. The van der Waals surface area contributed by atoms with Crippen molar-refractivity contribution >= 4 is 16.9 Å². The summed E-state index contributed by atoms with van der Waals surface area (Å²) in [4.78, 5) is 16.7. The number of para-hydroxylation sites is 1. The molecule has 1 N–H and O–H groups in total. The molecule has 0 radical (unpaired) electrons. The molecule has 0 fully saturated rings. The highest BCUT2D eigenvalue weighted by Gasteiger charge is 2.20. The fourth-order valence-corrected chi connectivity index (χ4v) is 3.15. The molecule has 0 aliphatic heterocycles. The Morgan fingerprint density at radius 3 is 2.59 bits per heavy atom. The molecule has 0 aliphatic rings. The van der Waals surface area contributed by atoms with E-state index in [-0.39, 0.29) is 11.9 Å². The molecule has 1 atom stereocenters. The van der Waals surface area contributed by atoms with Crippen LogP contribution in [0.15, 0.2) is 89.6 Å². The van der Waals surface area contributed by atoms with Crippen molar-refractivity contribution in [2.75, 3.05) is 0 Å². The molecular weight excluding hydrogens is 336 g/mol. The average Bonchev–Trinajstić information content (AvgIpc) is 3.16. The summed E-state index contributed by atoms with van der Waals surface area (Å²) in [5.41, 5.74) is 2.86. The highest BCUT2D eigenvalue weighted by atomic mass is 16.3. The maximum absolute atomic E-state index is 12.6. The van der Waals surface area contributed by atoms with Gasteiger partial charge in [0.2, 0.25) is 5.91 Å². The Morgan fingerprint density at radius 2 is 1.81 bits per heavy atom. The molecule has 4 aromatic rings. The van der Waals surface area contributed by atoms with Crippen molar-refractivity contribution in [2.24, 2.45) is 0 Å². The van der Waals surface area contributed by atoms with Gasteiger partial charge in [-0.25, -0.2) is 0 Å². The topological polar surface area (TPSA) is 55.1 Å². The van der Waals surface area contributed by atoms with E-state index in [1.54, 1.807) is 12.4 Å². The maximum atomic E-state index is 12.6. The minimum atomic E-state index is -0.319. The van der Waals surface area contributed by atoms with Gasteiger partial charge in [0.25, 0.3) is 0 Å². The van der Waals surface area contributed by atoms with Crippen LogP contribution in [0.5, 0.6) is 0 Å². The van der Waals surface area contributed by atoms with Gasteiger partial charge in [0.15, 0.2) is 0 Å². The summed E-state index contributed by atoms with van der Waals surface area (Å²) < 4.78 is 6.02. The summed E-state index contributed by atoms with van der Waals surface area (Å²) in [5, 5.41) is 4.15. The first-order valence-electron chi connectivity index (χ1n) is 9.01. The molecule has 1 unspecified atom stereocenters. The second-order valence-electron chi connectivity index (χ2n) is 6.46. The second kappa shape index (κ2) is 7.87. The molecule has 0 bridgehead atoms. The molecular formula is C23H20N2O2. The number of fused-ring (bicyclic) bond motifs is 1. The molecule has 2 heterocycles. The van der Waals surface area contributed by atoms with Crippen molar-refractivity contribution in [3.63, 3.8) is 0 Å². The molecule has 134 valence electrons. The number of pyridine rings is 1. The number of nitrogens with zero attached hydrogens (tertiary/aromatic N) is 1. The van der Waals surface area contributed by atoms with Gasteiger partial charge in [-0.1, -0.05) is 54.6 Å². The maximum Gasteiger partial charge on any atom is 0.221 e. The van der Waals surface area contributed by atoms with Crippen LogP contribution >= 0.6 is 0 Å². The molecule has 27 heavy (non-hydrogen) atoms. The van der Waals surface area contributed by atoms with Crippen LogP contribution in [0.1, 0.15) is 29.3 Å². The van der Waals surface area contributed by atoms with E-state index in [0.717, 1.165) is 27.9 Å². The number of rotatable bonds is 6. The van der Waals surface area contributed by atoms with Crippen LogP contribution in [0.3, 0.4) is 0 Å². The summed E-state index contributed by atoms with van der Waals surface area (Å²) in [6.45, 7) is 0. The third-order valence-corrected chi connectivity index (χ3v) is 4.53. The highest BCUT2D eigenvalue weighted by Crippen LogP contribution is 2.28. The number of benzene rings is 2. The van der Waals surface area contributed by atoms with Crippen molar-refractivity contribution in [1.82, 2.24) is 10.3 Å². The second-order valence-corrected chi connectivity index (χ2v) is 6.46. The fraction of sp³-hybridized carbons (Fsp3) is 0.130. The molecule has 2 aromatic carbocycles. The van der Waals surface area contributed by atoms with E-state index in [0.29, 0.717) is 12.8 Å². The number of carbonyl (C=O) groups is 1. The van der Waals surface area contributed by atoms with Gasteiger partial charge in [0.05, 0.1) is 0 Å². The van der Waals surface area contributed by atoms with Gasteiger partial charge in [-0.2, -0.15) is 0 Å². The molecule has 0 saturated heterocycles. The molecule has 4 nitrogen and oxygen atoms in total. The van der Waals surface area contributed by atoms with Crippen LogP contribution in [-0.4, -0.2) is 10.9 Å². The van der Waals surface area contributed by atoms with Gasteiger partial charge in [0, 0.05) is 24.2 Å². The predicted octanol–water partition coefficient (Wildman–Crippen LogP) is 4.67. The van der Waals surface area contributed by atoms with Crippen molar-refractivity contribution < 1.29 is 9.21 Å². The highest BCUT2D eigenvalue weighted by molar-refractivity contribution is 5.79. The summed E-state index contributed by atoms with van der Waals surface area (Å²) in [6, 6.07) is 23.3. The minimum absolute atomic E-state index is 0.0202. The Kier molecular flexibility index (Phi) is 4.97. The monoisotopic (exact) mass is 356 g/mol. The SMILES string of the molecule is O=C(CCc1cccnc1)NC(c1ccccc1)c1cc2ccccc2o1. The lowest BCUT2D eigenvalue weighted by molar-refractivity contribution is -0.121. The molecule has 4 heteroatoms. The number of hydrogen-bond donors (Lipinski definition) is 1. The van der Waals surface area contributed by atoms with Gasteiger partial charge in [0.1, 0.15) is 17.4 Å². The van der Waals surface area contributed by atoms with Crippen LogP contribution in [-0.2, 0) is 11.2 Å². The van der Waals surface area contributed by atoms with E-state index in [1.807, 2.05) is 72.8 Å². The van der Waals surface area contributed by atoms with Crippen LogP contribution in [0.2, 0.25) is 0 Å². The number of carbonyl (C=O) groups excluding carboxylic acids is 1. The van der Waals surface area contributed by atoms with E-state index in [9.17, 15) is 4.79 Å². The molecule has 0 aliphatic carbocycles. The summed E-state index contributed by atoms with van der Waals surface area (Å²) in [7, 11) is 0. The lowest BCUT2D eigenvalue weighted by atomic mass is 10.0. The van der Waals surface area contributed by atoms with E-state index in [1.165, 1.54) is 0 Å². The Bertz CT molecular complexity index is 993. The smallest absolute Gasteiger partial charge is 0.221 e. The first-order valence-corrected chi connectivity index (χ1v) is 9.01. The van der Waals surface area contributed by atoms with Crippen LogP contribution in [0.25, 0.3) is 11.0 Å². The van der Waals surface area contributed by atoms with Crippen molar-refractivity contribution in [1.29, 1.82) is 0 Å². The van der Waals surface area contributed by atoms with Crippen molar-refractivity contribution in [3.05, 3.63) is 102 Å². The van der Waals surface area contributed by atoms with E-state index in [2.05, 4.69) is 10.3 Å². The number of nitrogens with one attached hydrogen (secondary N) is 1. The van der Waals surface area contributed by atoms with Crippen molar-refractivity contribution in [2.45, 2.75) is 18.9 Å². The number of aryl methyl sites for hydroxylation is 1. The molecule has 2 aromatic heterocycles. The van der Waals surface area contributed by atoms with Gasteiger partial charge in [-0.3, -0.25) is 9.78 Å². The molecule has 0 spiro atoms. The normalized spacial score (nSPS) is 12.0. The Morgan fingerprint density at radius 1 is 1.00 bits per heavy atom. The molecule has 0 saturated carbocycles. The standard InChI is InChI=1S/C23H20N2O2/c26-22(13-12-17-7-6-14-24-16-17)25-23(18-8-2-1-3-9-18)21-15-19-10-4-5-11-20(19)27-21/h1-11,14-16,23H,12-13H2,(H,25,26). The van der Waals surface area contributed by atoms with E-state index in [4.69, 9.17) is 4.42 Å². The Labute approximate surface area is 157 Å². The van der Waals surface area contributed by atoms with Crippen LogP contribution in [0.4, 0.5) is 0 Å². The van der Waals surface area contributed by atoms with Crippen LogP contribution in [0, 0.1) is 0 Å². The van der Waals surface area contributed by atoms with Gasteiger partial charge < -0.3 is 9.73 Å². The predicted molar refractivity (Wildman–Crippen MR) is 105 cm³/mol. The third kappa shape index (κ3) is 4.06. The summed E-state index contributed by atoms with van der Waals surface area (Å²) >= 11 is 0. The van der Waals surface area contributed by atoms with E-state index >= 15 is 0 Å². The van der Waals surface area contributed by atoms with E-state index < -0.39 is 0 Å². The largest absolute Gasteiger partial charge is 0.459 e. The summed E-state index contributed by atoms with van der Waals surface area (Å²) in [6.07, 6.45) is 4.58. The fourth-order valence-electron chi connectivity index (χ4n) is 3.15. The first-order chi connectivity index (χ1) is 13.3. The average molecular weight is 356 g/mol. The van der Waals surface area contributed by atoms with Crippen molar-refractivity contribution in [3.8, 4) is 0 Å². The number of hydrogen-bond acceptors (Lipinski definition) is 3. The van der Waals surface area contributed by atoms with Gasteiger partial charge in [-0.05, 0) is 35.7 Å². The minimum Gasteiger partial charge on any atom is -0.459 e. The van der Waals surface area contributed by atoms with Gasteiger partial charge in [-0.15, -0.1) is 0 Å². The number of amides is 1. The zero-order valence-corrected chi connectivity index (χ0v) is 14.8. The number of aromatic nitrogens is 1. The number of furan rings is 1.